The molecule has 0 bridgehead atoms. The van der Waals surface area contributed by atoms with E-state index in [1.165, 1.54) is 20.2 Å². The molecular weight excluding hydrogens is 254 g/mol. The fourth-order valence-corrected chi connectivity index (χ4v) is 2.31. The number of rotatable bonds is 2. The Hall–Kier alpha value is -1.95. The molecule has 2 amide bonds. The van der Waals surface area contributed by atoms with Gasteiger partial charge in [0.15, 0.2) is 11.5 Å². The van der Waals surface area contributed by atoms with Crippen LogP contribution in [0.2, 0.25) is 0 Å². The molecular formula is C12H11NO4S. The third-order valence-corrected chi connectivity index (χ3v) is 3.45. The zero-order chi connectivity index (χ0) is 13.3. The number of benzene rings is 1. The Morgan fingerprint density at radius 2 is 2.11 bits per heavy atom. The summed E-state index contributed by atoms with van der Waals surface area (Å²) in [4.78, 5) is 24.4. The van der Waals surface area contributed by atoms with E-state index in [0.29, 0.717) is 16.2 Å². The first-order chi connectivity index (χ1) is 8.52. The van der Waals surface area contributed by atoms with Crippen LogP contribution in [0.15, 0.2) is 23.1 Å². The van der Waals surface area contributed by atoms with E-state index in [1.807, 2.05) is 0 Å². The Kier molecular flexibility index (Phi) is 3.29. The number of carbonyl (C=O) groups excluding carboxylic acids is 2. The summed E-state index contributed by atoms with van der Waals surface area (Å²) < 4.78 is 4.97. The molecule has 0 aliphatic carbocycles. The average Bonchev–Trinajstić information content (AvgIpc) is 2.59. The molecule has 94 valence electrons. The van der Waals surface area contributed by atoms with Crippen LogP contribution in [0, 0.1) is 0 Å². The van der Waals surface area contributed by atoms with Crippen molar-refractivity contribution in [1.82, 2.24) is 4.90 Å². The summed E-state index contributed by atoms with van der Waals surface area (Å²) in [7, 11) is 2.88. The topological polar surface area (TPSA) is 66.8 Å². The smallest absolute Gasteiger partial charge is 0.293 e. The molecule has 0 spiro atoms. The van der Waals surface area contributed by atoms with E-state index < -0.39 is 0 Å². The normalized spacial score (nSPS) is 17.7. The van der Waals surface area contributed by atoms with Gasteiger partial charge in [0.05, 0.1) is 12.0 Å². The number of nitrogens with zero attached hydrogens (tertiary/aromatic N) is 1. The third-order valence-electron chi connectivity index (χ3n) is 2.49. The number of methoxy groups -OCH3 is 1. The van der Waals surface area contributed by atoms with E-state index in [2.05, 4.69) is 0 Å². The van der Waals surface area contributed by atoms with Crippen LogP contribution in [0.3, 0.4) is 0 Å². The van der Waals surface area contributed by atoms with Gasteiger partial charge >= 0.3 is 0 Å². The Morgan fingerprint density at radius 1 is 1.39 bits per heavy atom. The molecule has 1 saturated heterocycles. The highest BCUT2D eigenvalue weighted by atomic mass is 32.2. The zero-order valence-electron chi connectivity index (χ0n) is 9.84. The fraction of sp³-hybridized carbons (Fsp3) is 0.167. The fourth-order valence-electron chi connectivity index (χ4n) is 1.48. The summed E-state index contributed by atoms with van der Waals surface area (Å²) in [5.74, 6) is 0.0229. The summed E-state index contributed by atoms with van der Waals surface area (Å²) in [5.41, 5.74) is 0.684. The lowest BCUT2D eigenvalue weighted by Crippen LogP contribution is -2.22. The van der Waals surface area contributed by atoms with Gasteiger partial charge in [0.1, 0.15) is 0 Å². The van der Waals surface area contributed by atoms with Gasteiger partial charge in [0.25, 0.3) is 11.1 Å². The van der Waals surface area contributed by atoms with Crippen LogP contribution in [0.4, 0.5) is 4.79 Å². The van der Waals surface area contributed by atoms with Crippen LogP contribution in [-0.2, 0) is 4.79 Å². The Morgan fingerprint density at radius 3 is 2.67 bits per heavy atom. The maximum absolute atomic E-state index is 11.7. The molecule has 0 atom stereocenters. The van der Waals surface area contributed by atoms with Gasteiger partial charge < -0.3 is 9.84 Å². The molecule has 0 saturated carbocycles. The standard InChI is InChI=1S/C12H11NO4S/c1-13-11(15)10(18-12(13)16)6-7-3-4-8(14)9(5-7)17-2/h3-6,14H,1-2H3/b10-6-. The Balaban J connectivity index is 2.34. The van der Waals surface area contributed by atoms with Crippen LogP contribution < -0.4 is 4.74 Å². The van der Waals surface area contributed by atoms with Gasteiger partial charge in [-0.25, -0.2) is 0 Å². The summed E-state index contributed by atoms with van der Waals surface area (Å²) in [6.45, 7) is 0. The first kappa shape index (κ1) is 12.5. The van der Waals surface area contributed by atoms with Crippen LogP contribution in [0.5, 0.6) is 11.5 Å². The van der Waals surface area contributed by atoms with Crippen molar-refractivity contribution in [3.63, 3.8) is 0 Å². The molecule has 1 aromatic carbocycles. The van der Waals surface area contributed by atoms with Gasteiger partial charge in [-0.1, -0.05) is 6.07 Å². The number of likely N-dealkylation sites (N-methyl/N-ethyl adjacent to an activating group) is 1. The molecule has 1 heterocycles. The largest absolute Gasteiger partial charge is 0.504 e. The maximum atomic E-state index is 11.7. The number of phenolic OH excluding ortho intramolecular Hbond substituents is 1. The number of ether oxygens (including phenoxy) is 1. The van der Waals surface area contributed by atoms with Crippen LogP contribution >= 0.6 is 11.8 Å². The van der Waals surface area contributed by atoms with Crippen molar-refractivity contribution in [2.45, 2.75) is 0 Å². The molecule has 1 N–H and O–H groups in total. The zero-order valence-corrected chi connectivity index (χ0v) is 10.7. The summed E-state index contributed by atoms with van der Waals surface area (Å²) in [6.07, 6.45) is 1.59. The molecule has 6 heteroatoms. The van der Waals surface area contributed by atoms with Gasteiger partial charge in [-0.3, -0.25) is 14.5 Å². The van der Waals surface area contributed by atoms with Crippen molar-refractivity contribution in [2.24, 2.45) is 0 Å². The van der Waals surface area contributed by atoms with Crippen molar-refractivity contribution in [1.29, 1.82) is 0 Å². The SMILES string of the molecule is COc1cc(/C=C2\SC(=O)N(C)C2=O)ccc1O. The van der Waals surface area contributed by atoms with Gasteiger partial charge in [0.2, 0.25) is 0 Å². The number of phenols is 1. The first-order valence-corrected chi connectivity index (χ1v) is 5.93. The minimum atomic E-state index is -0.322. The van der Waals surface area contributed by atoms with Crippen molar-refractivity contribution < 1.29 is 19.4 Å². The van der Waals surface area contributed by atoms with Gasteiger partial charge in [-0.15, -0.1) is 0 Å². The van der Waals surface area contributed by atoms with Crippen molar-refractivity contribution in [2.75, 3.05) is 14.2 Å². The van der Waals surface area contributed by atoms with E-state index in [0.717, 1.165) is 16.7 Å². The molecule has 1 aromatic rings. The molecule has 0 aromatic heterocycles. The minimum Gasteiger partial charge on any atom is -0.504 e. The lowest BCUT2D eigenvalue weighted by Gasteiger charge is -2.04. The molecule has 0 radical (unpaired) electrons. The molecule has 0 unspecified atom stereocenters. The second-order valence-electron chi connectivity index (χ2n) is 3.67. The molecule has 2 rings (SSSR count). The van der Waals surface area contributed by atoms with E-state index in [9.17, 15) is 14.7 Å². The van der Waals surface area contributed by atoms with Gasteiger partial charge in [-0.2, -0.15) is 0 Å². The number of amides is 2. The maximum Gasteiger partial charge on any atom is 0.293 e. The number of hydrogen-bond donors (Lipinski definition) is 1. The van der Waals surface area contributed by atoms with E-state index in [1.54, 1.807) is 18.2 Å². The highest BCUT2D eigenvalue weighted by molar-refractivity contribution is 8.18. The summed E-state index contributed by atoms with van der Waals surface area (Å²) >= 11 is 0.890. The first-order valence-electron chi connectivity index (χ1n) is 5.11. The lowest BCUT2D eigenvalue weighted by atomic mass is 10.2. The molecule has 18 heavy (non-hydrogen) atoms. The Labute approximate surface area is 108 Å². The van der Waals surface area contributed by atoms with Gasteiger partial charge in [0, 0.05) is 7.05 Å². The number of aromatic hydroxyl groups is 1. The van der Waals surface area contributed by atoms with E-state index in [4.69, 9.17) is 4.74 Å². The number of carbonyl (C=O) groups is 2. The van der Waals surface area contributed by atoms with Crippen LogP contribution in [0.1, 0.15) is 5.56 Å². The minimum absolute atomic E-state index is 0.0262. The predicted octanol–water partition coefficient (Wildman–Crippen LogP) is 2.07. The van der Waals surface area contributed by atoms with Crippen molar-refractivity contribution in [3.8, 4) is 11.5 Å². The predicted molar refractivity (Wildman–Crippen MR) is 68.4 cm³/mol. The summed E-state index contributed by atoms with van der Waals surface area (Å²) in [5, 5.41) is 9.16. The second-order valence-corrected chi connectivity index (χ2v) is 4.67. The van der Waals surface area contributed by atoms with E-state index in [-0.39, 0.29) is 16.9 Å². The monoisotopic (exact) mass is 265 g/mol. The highest BCUT2D eigenvalue weighted by Crippen LogP contribution is 2.33. The highest BCUT2D eigenvalue weighted by Gasteiger charge is 2.31. The van der Waals surface area contributed by atoms with Gasteiger partial charge in [-0.05, 0) is 35.5 Å². The van der Waals surface area contributed by atoms with Crippen LogP contribution in [0.25, 0.3) is 6.08 Å². The van der Waals surface area contributed by atoms with E-state index >= 15 is 0 Å². The van der Waals surface area contributed by atoms with Crippen molar-refractivity contribution >= 4 is 29.0 Å². The molecule has 1 aliphatic rings. The van der Waals surface area contributed by atoms with Crippen molar-refractivity contribution in [3.05, 3.63) is 28.7 Å². The lowest BCUT2D eigenvalue weighted by molar-refractivity contribution is -0.121. The molecule has 1 fully saturated rings. The number of hydrogen-bond acceptors (Lipinski definition) is 5. The average molecular weight is 265 g/mol. The van der Waals surface area contributed by atoms with Crippen LogP contribution in [-0.4, -0.2) is 35.3 Å². The second kappa shape index (κ2) is 4.73. The molecule has 1 aliphatic heterocycles. The third kappa shape index (κ3) is 2.19. The Bertz CT molecular complexity index is 553. The summed E-state index contributed by atoms with van der Waals surface area (Å²) in [6, 6.07) is 4.71. The number of imide groups is 1. The number of thioether (sulfide) groups is 1. The quantitative estimate of drug-likeness (QED) is 0.829. The molecule has 5 nitrogen and oxygen atoms in total.